The van der Waals surface area contributed by atoms with Gasteiger partial charge in [0.2, 0.25) is 0 Å². The van der Waals surface area contributed by atoms with Crippen molar-refractivity contribution in [3.63, 3.8) is 0 Å². The normalized spacial score (nSPS) is 10.2. The van der Waals surface area contributed by atoms with Crippen molar-refractivity contribution in [2.45, 2.75) is 6.92 Å². The average Bonchev–Trinajstić information content (AvgIpc) is 2.37. The molecule has 0 fully saturated rings. The molecule has 0 saturated carbocycles. The summed E-state index contributed by atoms with van der Waals surface area (Å²) in [6, 6.07) is 6.41. The molecule has 2 aromatic rings. The first-order valence-electron chi connectivity index (χ1n) is 5.50. The van der Waals surface area contributed by atoms with Gasteiger partial charge in [-0.1, -0.05) is 6.07 Å². The largest absolute Gasteiger partial charge is 0.505 e. The third kappa shape index (κ3) is 2.85. The molecule has 0 bridgehead atoms. The van der Waals surface area contributed by atoms with Crippen molar-refractivity contribution < 1.29 is 9.90 Å². The van der Waals surface area contributed by atoms with Gasteiger partial charge in [-0.2, -0.15) is 0 Å². The molecule has 0 saturated heterocycles. The second kappa shape index (κ2) is 5.27. The van der Waals surface area contributed by atoms with Crippen LogP contribution in [-0.2, 0) is 0 Å². The van der Waals surface area contributed by atoms with Crippen LogP contribution in [0, 0.1) is 6.92 Å². The quantitative estimate of drug-likeness (QED) is 0.451. The van der Waals surface area contributed by atoms with Crippen LogP contribution < -0.4 is 11.1 Å². The standard InChI is InChI=1S/C13H12BrN3O2/c1-7-5-8(6-16-12(7)14)17-13(19)9-3-2-4-10(15)11(9)18/h2-6,18H,15H2,1H3,(H,17,19). The average molecular weight is 322 g/mol. The zero-order valence-corrected chi connectivity index (χ0v) is 11.7. The summed E-state index contributed by atoms with van der Waals surface area (Å²) in [5.74, 6) is -0.657. The molecule has 6 heteroatoms. The number of nitrogens with zero attached hydrogens (tertiary/aromatic N) is 1. The van der Waals surface area contributed by atoms with Crippen LogP contribution in [0.4, 0.5) is 11.4 Å². The molecule has 19 heavy (non-hydrogen) atoms. The predicted octanol–water partition coefficient (Wildman–Crippen LogP) is 2.69. The highest BCUT2D eigenvalue weighted by Gasteiger charge is 2.13. The van der Waals surface area contributed by atoms with Gasteiger partial charge < -0.3 is 16.2 Å². The summed E-state index contributed by atoms with van der Waals surface area (Å²) in [4.78, 5) is 16.1. The summed E-state index contributed by atoms with van der Waals surface area (Å²) in [7, 11) is 0. The van der Waals surface area contributed by atoms with Crippen LogP contribution in [0.1, 0.15) is 15.9 Å². The van der Waals surface area contributed by atoms with Gasteiger partial charge in [-0.3, -0.25) is 4.79 Å². The van der Waals surface area contributed by atoms with Crippen LogP contribution in [-0.4, -0.2) is 16.0 Å². The number of aromatic hydroxyl groups is 1. The van der Waals surface area contributed by atoms with Gasteiger partial charge in [-0.15, -0.1) is 0 Å². The number of phenolic OH excluding ortho intramolecular Hbond substituents is 1. The third-order valence-corrected chi connectivity index (χ3v) is 3.41. The molecule has 0 aliphatic heterocycles. The Hall–Kier alpha value is -2.08. The van der Waals surface area contributed by atoms with Crippen molar-refractivity contribution in [1.29, 1.82) is 0 Å². The Balaban J connectivity index is 2.26. The van der Waals surface area contributed by atoms with Crippen LogP contribution in [0.2, 0.25) is 0 Å². The van der Waals surface area contributed by atoms with E-state index in [-0.39, 0.29) is 17.0 Å². The van der Waals surface area contributed by atoms with Crippen molar-refractivity contribution in [3.8, 4) is 5.75 Å². The van der Waals surface area contributed by atoms with E-state index >= 15 is 0 Å². The minimum atomic E-state index is -0.437. The molecular formula is C13H12BrN3O2. The highest BCUT2D eigenvalue weighted by Crippen LogP contribution is 2.25. The van der Waals surface area contributed by atoms with Crippen LogP contribution in [0.15, 0.2) is 35.1 Å². The van der Waals surface area contributed by atoms with Crippen molar-refractivity contribution in [3.05, 3.63) is 46.2 Å². The number of hydrogen-bond donors (Lipinski definition) is 3. The Labute approximate surface area is 118 Å². The predicted molar refractivity (Wildman–Crippen MR) is 77.1 cm³/mol. The molecule has 0 spiro atoms. The zero-order chi connectivity index (χ0) is 14.0. The number of aromatic nitrogens is 1. The number of carbonyl (C=O) groups is 1. The molecule has 1 amide bonds. The van der Waals surface area contributed by atoms with Crippen LogP contribution >= 0.6 is 15.9 Å². The molecule has 4 N–H and O–H groups in total. The summed E-state index contributed by atoms with van der Waals surface area (Å²) in [6.45, 7) is 1.87. The molecule has 2 rings (SSSR count). The lowest BCUT2D eigenvalue weighted by molar-refractivity contribution is 0.102. The number of carbonyl (C=O) groups excluding carboxylic acids is 1. The number of nitrogens with two attached hydrogens (primary N) is 1. The molecule has 0 aliphatic carbocycles. The Morgan fingerprint density at radius 1 is 1.47 bits per heavy atom. The van der Waals surface area contributed by atoms with E-state index in [1.807, 2.05) is 6.92 Å². The number of nitrogens with one attached hydrogen (secondary N) is 1. The van der Waals surface area contributed by atoms with Gasteiger partial charge >= 0.3 is 0 Å². The molecule has 5 nitrogen and oxygen atoms in total. The highest BCUT2D eigenvalue weighted by molar-refractivity contribution is 9.10. The van der Waals surface area contributed by atoms with E-state index < -0.39 is 5.91 Å². The number of benzene rings is 1. The Bertz CT molecular complexity index is 644. The first kappa shape index (κ1) is 13.4. The van der Waals surface area contributed by atoms with Crippen molar-refractivity contribution in [2.24, 2.45) is 0 Å². The maximum absolute atomic E-state index is 12.0. The number of phenols is 1. The van der Waals surface area contributed by atoms with Crippen molar-refractivity contribution >= 4 is 33.2 Å². The molecule has 1 aromatic heterocycles. The van der Waals surface area contributed by atoms with Gasteiger partial charge in [0.25, 0.3) is 5.91 Å². The van der Waals surface area contributed by atoms with Gasteiger partial charge in [0, 0.05) is 0 Å². The summed E-state index contributed by atoms with van der Waals surface area (Å²) >= 11 is 3.28. The SMILES string of the molecule is Cc1cc(NC(=O)c2cccc(N)c2O)cnc1Br. The number of hydrogen-bond acceptors (Lipinski definition) is 4. The molecule has 1 aromatic carbocycles. The van der Waals surface area contributed by atoms with E-state index in [4.69, 9.17) is 5.73 Å². The maximum Gasteiger partial charge on any atom is 0.259 e. The van der Waals surface area contributed by atoms with E-state index in [0.717, 1.165) is 10.2 Å². The highest BCUT2D eigenvalue weighted by atomic mass is 79.9. The smallest absolute Gasteiger partial charge is 0.259 e. The topological polar surface area (TPSA) is 88.2 Å². The van der Waals surface area contributed by atoms with E-state index in [2.05, 4.69) is 26.2 Å². The van der Waals surface area contributed by atoms with Crippen LogP contribution in [0.25, 0.3) is 0 Å². The third-order valence-electron chi connectivity index (χ3n) is 2.58. The van der Waals surface area contributed by atoms with Gasteiger partial charge in [-0.25, -0.2) is 4.98 Å². The molecular weight excluding hydrogens is 310 g/mol. The Kier molecular flexibility index (Phi) is 3.71. The fourth-order valence-corrected chi connectivity index (χ4v) is 1.79. The molecule has 0 radical (unpaired) electrons. The Morgan fingerprint density at radius 3 is 2.89 bits per heavy atom. The van der Waals surface area contributed by atoms with E-state index in [1.54, 1.807) is 12.1 Å². The fourth-order valence-electron chi connectivity index (χ4n) is 1.57. The van der Waals surface area contributed by atoms with Gasteiger partial charge in [0.15, 0.2) is 5.75 Å². The zero-order valence-electron chi connectivity index (χ0n) is 10.1. The van der Waals surface area contributed by atoms with E-state index in [9.17, 15) is 9.90 Å². The van der Waals surface area contributed by atoms with Gasteiger partial charge in [-0.05, 0) is 46.6 Å². The number of halogens is 1. The van der Waals surface area contributed by atoms with Crippen molar-refractivity contribution in [1.82, 2.24) is 4.98 Å². The molecule has 0 unspecified atom stereocenters. The summed E-state index contributed by atoms with van der Waals surface area (Å²) in [5.41, 5.74) is 7.28. The summed E-state index contributed by atoms with van der Waals surface area (Å²) in [5, 5.41) is 12.4. The summed E-state index contributed by atoms with van der Waals surface area (Å²) in [6.07, 6.45) is 1.53. The number of para-hydroxylation sites is 1. The molecule has 98 valence electrons. The lowest BCUT2D eigenvalue weighted by Gasteiger charge is -2.08. The monoisotopic (exact) mass is 321 g/mol. The number of nitrogen functional groups attached to an aromatic ring is 1. The fraction of sp³-hybridized carbons (Fsp3) is 0.0769. The van der Waals surface area contributed by atoms with Gasteiger partial charge in [0.05, 0.1) is 23.1 Å². The number of anilines is 2. The first-order valence-corrected chi connectivity index (χ1v) is 6.29. The van der Waals surface area contributed by atoms with E-state index in [0.29, 0.717) is 5.69 Å². The minimum absolute atomic E-state index is 0.126. The molecule has 1 heterocycles. The summed E-state index contributed by atoms with van der Waals surface area (Å²) < 4.78 is 0.720. The molecule has 0 aliphatic rings. The van der Waals surface area contributed by atoms with E-state index in [1.165, 1.54) is 18.3 Å². The van der Waals surface area contributed by atoms with Crippen LogP contribution in [0.3, 0.4) is 0 Å². The maximum atomic E-state index is 12.0. The first-order chi connectivity index (χ1) is 8.99. The number of rotatable bonds is 2. The van der Waals surface area contributed by atoms with Crippen molar-refractivity contribution in [2.75, 3.05) is 11.1 Å². The number of aryl methyl sites for hydroxylation is 1. The van der Waals surface area contributed by atoms with Crippen LogP contribution in [0.5, 0.6) is 5.75 Å². The Morgan fingerprint density at radius 2 is 2.21 bits per heavy atom. The second-order valence-corrected chi connectivity index (χ2v) is 4.78. The molecule has 0 atom stereocenters. The van der Waals surface area contributed by atoms with Gasteiger partial charge in [0.1, 0.15) is 4.60 Å². The second-order valence-electron chi connectivity index (χ2n) is 4.03. The lowest BCUT2D eigenvalue weighted by atomic mass is 10.1. The lowest BCUT2D eigenvalue weighted by Crippen LogP contribution is -2.13. The minimum Gasteiger partial charge on any atom is -0.505 e. The number of pyridine rings is 1. The number of amides is 1.